The van der Waals surface area contributed by atoms with Gasteiger partial charge in [-0.1, -0.05) is 72.8 Å². The van der Waals surface area contributed by atoms with Gasteiger partial charge in [-0.25, -0.2) is 9.37 Å². The third-order valence-electron chi connectivity index (χ3n) is 5.41. The van der Waals surface area contributed by atoms with Gasteiger partial charge in [0, 0.05) is 17.7 Å². The highest BCUT2D eigenvalue weighted by molar-refractivity contribution is 5.71. The molecule has 4 aromatic rings. The Morgan fingerprint density at radius 2 is 1.61 bits per heavy atom. The standard InChI is InChI=1S/C29H28FN3O3/c1-29(2,3)36-26(34)19-33-27(22-9-5-4-6-10-22)32-18-25(28(33)35)31-17-20-13-15-21(16-14-20)23-11-7-8-12-24(23)30/h4-16,18,31H,17,19H2,1-3H3. The summed E-state index contributed by atoms with van der Waals surface area (Å²) < 4.78 is 20.8. The highest BCUT2D eigenvalue weighted by atomic mass is 19.1. The molecule has 0 spiro atoms. The molecule has 0 saturated heterocycles. The molecule has 184 valence electrons. The quantitative estimate of drug-likeness (QED) is 0.342. The summed E-state index contributed by atoms with van der Waals surface area (Å²) >= 11 is 0. The van der Waals surface area contributed by atoms with Crippen molar-refractivity contribution in [3.05, 3.63) is 107 Å². The molecule has 3 aromatic carbocycles. The lowest BCUT2D eigenvalue weighted by Gasteiger charge is -2.21. The summed E-state index contributed by atoms with van der Waals surface area (Å²) in [5.41, 5.74) is 2.13. The number of rotatable bonds is 7. The van der Waals surface area contributed by atoms with Crippen molar-refractivity contribution in [3.63, 3.8) is 0 Å². The predicted octanol–water partition coefficient (Wildman–Crippen LogP) is 5.67. The van der Waals surface area contributed by atoms with E-state index in [2.05, 4.69) is 10.3 Å². The summed E-state index contributed by atoms with van der Waals surface area (Å²) in [6.45, 7) is 5.42. The summed E-state index contributed by atoms with van der Waals surface area (Å²) in [5, 5.41) is 3.12. The molecule has 0 aliphatic rings. The number of anilines is 1. The van der Waals surface area contributed by atoms with Crippen molar-refractivity contribution < 1.29 is 13.9 Å². The topological polar surface area (TPSA) is 73.2 Å². The van der Waals surface area contributed by atoms with Crippen LogP contribution in [0.15, 0.2) is 89.9 Å². The summed E-state index contributed by atoms with van der Waals surface area (Å²) in [7, 11) is 0. The lowest BCUT2D eigenvalue weighted by molar-refractivity contribution is -0.155. The molecule has 1 heterocycles. The fourth-order valence-electron chi connectivity index (χ4n) is 3.78. The molecular weight excluding hydrogens is 457 g/mol. The lowest BCUT2D eigenvalue weighted by atomic mass is 10.0. The maximum atomic E-state index is 14.1. The zero-order valence-corrected chi connectivity index (χ0v) is 20.5. The normalized spacial score (nSPS) is 11.2. The highest BCUT2D eigenvalue weighted by Gasteiger charge is 2.20. The van der Waals surface area contributed by atoms with Crippen LogP contribution in [0.3, 0.4) is 0 Å². The minimum Gasteiger partial charge on any atom is -0.459 e. The first kappa shape index (κ1) is 24.9. The van der Waals surface area contributed by atoms with Crippen LogP contribution in [0.4, 0.5) is 10.1 Å². The molecule has 0 aliphatic heterocycles. The molecule has 6 nitrogen and oxygen atoms in total. The van der Waals surface area contributed by atoms with E-state index in [-0.39, 0.29) is 23.6 Å². The highest BCUT2D eigenvalue weighted by Crippen LogP contribution is 2.23. The molecule has 0 radical (unpaired) electrons. The van der Waals surface area contributed by atoms with Crippen molar-refractivity contribution in [3.8, 4) is 22.5 Å². The van der Waals surface area contributed by atoms with Crippen molar-refractivity contribution in [2.45, 2.75) is 39.5 Å². The number of esters is 1. The Morgan fingerprint density at radius 3 is 2.28 bits per heavy atom. The van der Waals surface area contributed by atoms with Gasteiger partial charge >= 0.3 is 5.97 Å². The van der Waals surface area contributed by atoms with Gasteiger partial charge in [0.25, 0.3) is 5.56 Å². The zero-order valence-electron chi connectivity index (χ0n) is 20.5. The Bertz CT molecular complexity index is 1410. The summed E-state index contributed by atoms with van der Waals surface area (Å²) in [6, 6.07) is 23.3. The average molecular weight is 486 g/mol. The average Bonchev–Trinajstić information content (AvgIpc) is 2.85. The molecule has 0 fully saturated rings. The molecule has 0 bridgehead atoms. The van der Waals surface area contributed by atoms with Crippen LogP contribution in [0.2, 0.25) is 0 Å². The molecule has 0 saturated carbocycles. The minimum atomic E-state index is -0.675. The van der Waals surface area contributed by atoms with E-state index in [1.807, 2.05) is 54.6 Å². The van der Waals surface area contributed by atoms with E-state index in [0.717, 1.165) is 11.1 Å². The summed E-state index contributed by atoms with van der Waals surface area (Å²) in [5.74, 6) is -0.422. The van der Waals surface area contributed by atoms with Crippen LogP contribution < -0.4 is 10.9 Å². The molecule has 4 rings (SSSR count). The van der Waals surface area contributed by atoms with Crippen LogP contribution in [0, 0.1) is 5.82 Å². The van der Waals surface area contributed by atoms with Crippen LogP contribution in [-0.4, -0.2) is 21.1 Å². The van der Waals surface area contributed by atoms with Crippen molar-refractivity contribution in [2.75, 3.05) is 5.32 Å². The van der Waals surface area contributed by atoms with Crippen molar-refractivity contribution in [1.29, 1.82) is 0 Å². The molecule has 7 heteroatoms. The van der Waals surface area contributed by atoms with Gasteiger partial charge in [0.2, 0.25) is 0 Å². The molecule has 0 unspecified atom stereocenters. The second kappa shape index (κ2) is 10.6. The molecular formula is C29H28FN3O3. The Kier molecular flexibility index (Phi) is 7.29. The van der Waals surface area contributed by atoms with Crippen molar-refractivity contribution in [1.82, 2.24) is 9.55 Å². The largest absolute Gasteiger partial charge is 0.459 e. The van der Waals surface area contributed by atoms with Gasteiger partial charge in [-0.2, -0.15) is 0 Å². The zero-order chi connectivity index (χ0) is 25.7. The first-order valence-corrected chi connectivity index (χ1v) is 11.7. The molecule has 0 amide bonds. The molecule has 0 aliphatic carbocycles. The predicted molar refractivity (Wildman–Crippen MR) is 139 cm³/mol. The van der Waals surface area contributed by atoms with Gasteiger partial charge < -0.3 is 10.1 Å². The Morgan fingerprint density at radius 1 is 0.944 bits per heavy atom. The summed E-state index contributed by atoms with van der Waals surface area (Å²) in [4.78, 5) is 30.4. The fourth-order valence-corrected chi connectivity index (χ4v) is 3.78. The van der Waals surface area contributed by atoms with E-state index in [4.69, 9.17) is 4.74 Å². The van der Waals surface area contributed by atoms with Gasteiger partial charge in [-0.15, -0.1) is 0 Å². The fraction of sp³-hybridized carbons (Fsp3) is 0.207. The number of carbonyl (C=O) groups excluding carboxylic acids is 1. The van der Waals surface area contributed by atoms with E-state index >= 15 is 0 Å². The number of halogens is 1. The number of nitrogens with one attached hydrogen (secondary N) is 1. The minimum absolute atomic E-state index is 0.261. The van der Waals surface area contributed by atoms with Gasteiger partial charge in [0.05, 0.1) is 6.20 Å². The lowest BCUT2D eigenvalue weighted by Crippen LogP contribution is -2.32. The number of aromatic nitrogens is 2. The second-order valence-electron chi connectivity index (χ2n) is 9.37. The number of hydrogen-bond donors (Lipinski definition) is 1. The van der Waals surface area contributed by atoms with Crippen LogP contribution in [0.1, 0.15) is 26.3 Å². The van der Waals surface area contributed by atoms with Crippen molar-refractivity contribution >= 4 is 11.7 Å². The van der Waals surface area contributed by atoms with Gasteiger partial charge in [0.15, 0.2) is 0 Å². The third-order valence-corrected chi connectivity index (χ3v) is 5.41. The Labute approximate surface area is 209 Å². The van der Waals surface area contributed by atoms with Gasteiger partial charge in [-0.3, -0.25) is 14.2 Å². The first-order chi connectivity index (χ1) is 17.2. The number of carbonyl (C=O) groups is 1. The second-order valence-corrected chi connectivity index (χ2v) is 9.37. The molecule has 0 atom stereocenters. The van der Waals surface area contributed by atoms with E-state index in [9.17, 15) is 14.0 Å². The Hall–Kier alpha value is -4.26. The maximum absolute atomic E-state index is 14.1. The number of nitrogens with zero attached hydrogens (tertiary/aromatic N) is 2. The van der Waals surface area contributed by atoms with Gasteiger partial charge in [0.1, 0.15) is 29.5 Å². The smallest absolute Gasteiger partial charge is 0.326 e. The van der Waals surface area contributed by atoms with Crippen molar-refractivity contribution in [2.24, 2.45) is 0 Å². The van der Waals surface area contributed by atoms with Crippen LogP contribution in [0.25, 0.3) is 22.5 Å². The van der Waals surface area contributed by atoms with Crippen LogP contribution >= 0.6 is 0 Å². The molecule has 1 N–H and O–H groups in total. The van der Waals surface area contributed by atoms with E-state index in [1.54, 1.807) is 39.0 Å². The van der Waals surface area contributed by atoms with Crippen LogP contribution in [-0.2, 0) is 22.6 Å². The number of benzene rings is 3. The monoisotopic (exact) mass is 485 g/mol. The molecule has 36 heavy (non-hydrogen) atoms. The number of hydrogen-bond acceptors (Lipinski definition) is 5. The van der Waals surface area contributed by atoms with E-state index in [0.29, 0.717) is 23.5 Å². The Balaban J connectivity index is 1.57. The third kappa shape index (κ3) is 6.05. The molecule has 1 aromatic heterocycles. The first-order valence-electron chi connectivity index (χ1n) is 11.7. The van der Waals surface area contributed by atoms with Gasteiger partial charge in [-0.05, 0) is 38.0 Å². The van der Waals surface area contributed by atoms with Crippen LogP contribution in [0.5, 0.6) is 0 Å². The van der Waals surface area contributed by atoms with E-state index in [1.165, 1.54) is 16.8 Å². The maximum Gasteiger partial charge on any atom is 0.326 e. The summed E-state index contributed by atoms with van der Waals surface area (Å²) in [6.07, 6.45) is 1.48. The van der Waals surface area contributed by atoms with E-state index < -0.39 is 11.6 Å². The number of ether oxygens (including phenoxy) is 1. The SMILES string of the molecule is CC(C)(C)OC(=O)Cn1c(-c2ccccc2)ncc(NCc2ccc(-c3ccccc3F)cc2)c1=O.